The van der Waals surface area contributed by atoms with Crippen molar-refractivity contribution in [2.24, 2.45) is 0 Å². The largest absolute Gasteiger partial charge is 0.384 e. The highest BCUT2D eigenvalue weighted by atomic mass is 35.5. The maximum Gasteiger partial charge on any atom is 0.261 e. The molecular weight excluding hydrogens is 486 g/mol. The molecule has 2 aromatic heterocycles. The van der Waals surface area contributed by atoms with Crippen molar-refractivity contribution in [1.82, 2.24) is 19.9 Å². The van der Waals surface area contributed by atoms with Crippen LogP contribution >= 0.6 is 11.6 Å². The average molecular weight is 516 g/mol. The fraction of sp³-hybridized carbons (Fsp3) is 0.321. The highest BCUT2D eigenvalue weighted by molar-refractivity contribution is 6.30. The summed E-state index contributed by atoms with van der Waals surface area (Å²) >= 11 is 6.11. The molecule has 9 heteroatoms. The van der Waals surface area contributed by atoms with Crippen LogP contribution < -0.4 is 15.8 Å². The molecule has 3 N–H and O–H groups in total. The third-order valence-corrected chi connectivity index (χ3v) is 7.09. The number of aromatic amines is 2. The smallest absolute Gasteiger partial charge is 0.261 e. The molecule has 1 fully saturated rings. The predicted octanol–water partition coefficient (Wildman–Crippen LogP) is 4.57. The number of piperazine rings is 1. The van der Waals surface area contributed by atoms with Gasteiger partial charge in [0.1, 0.15) is 11.4 Å². The maximum atomic E-state index is 12.9. The minimum atomic E-state index is -0.196. The number of nitriles is 1. The van der Waals surface area contributed by atoms with E-state index in [4.69, 9.17) is 21.8 Å². The Hall–Kier alpha value is -3.80. The van der Waals surface area contributed by atoms with E-state index in [9.17, 15) is 4.79 Å². The van der Waals surface area contributed by atoms with Crippen LogP contribution in [0.2, 0.25) is 5.02 Å². The van der Waals surface area contributed by atoms with E-state index in [1.54, 1.807) is 6.20 Å². The first-order valence-corrected chi connectivity index (χ1v) is 12.9. The number of halogens is 1. The van der Waals surface area contributed by atoms with Crippen molar-refractivity contribution in [2.45, 2.75) is 19.8 Å². The number of rotatable bonds is 8. The van der Waals surface area contributed by atoms with Gasteiger partial charge in [0, 0.05) is 62.6 Å². The molecular formula is C28H30ClN7O. The molecule has 1 saturated heterocycles. The van der Waals surface area contributed by atoms with Crippen molar-refractivity contribution in [2.75, 3.05) is 49.5 Å². The zero-order valence-electron chi connectivity index (χ0n) is 20.9. The Morgan fingerprint density at radius 1 is 1.16 bits per heavy atom. The van der Waals surface area contributed by atoms with Crippen LogP contribution in [-0.2, 0) is 6.42 Å². The number of fused-ring (bicyclic) bond motifs is 1. The second-order valence-electron chi connectivity index (χ2n) is 9.38. The van der Waals surface area contributed by atoms with Crippen LogP contribution in [0.1, 0.15) is 17.5 Å². The monoisotopic (exact) mass is 515 g/mol. The molecule has 37 heavy (non-hydrogen) atoms. The molecule has 0 radical (unpaired) electrons. The number of hydrogen-bond acceptors (Lipinski definition) is 6. The SMILES string of the molecule is Cc1cc(N2CCN(CCC#N)CC2)cc2[nH]c(-c3c(NCCc4cccc(Cl)c4)cc[nH]c3=O)nc12. The van der Waals surface area contributed by atoms with Crippen molar-refractivity contribution < 1.29 is 0 Å². The van der Waals surface area contributed by atoms with Gasteiger partial charge in [-0.1, -0.05) is 23.7 Å². The van der Waals surface area contributed by atoms with E-state index in [2.05, 4.69) is 50.2 Å². The van der Waals surface area contributed by atoms with Gasteiger partial charge in [-0.3, -0.25) is 9.69 Å². The van der Waals surface area contributed by atoms with Crippen LogP contribution in [0.3, 0.4) is 0 Å². The molecule has 3 heterocycles. The van der Waals surface area contributed by atoms with Crippen molar-refractivity contribution in [3.05, 3.63) is 75.2 Å². The lowest BCUT2D eigenvalue weighted by molar-refractivity contribution is 0.263. The van der Waals surface area contributed by atoms with Crippen molar-refractivity contribution in [3.8, 4) is 17.5 Å². The molecule has 5 rings (SSSR count). The van der Waals surface area contributed by atoms with Gasteiger partial charge in [0.15, 0.2) is 0 Å². The summed E-state index contributed by atoms with van der Waals surface area (Å²) < 4.78 is 0. The summed E-state index contributed by atoms with van der Waals surface area (Å²) in [7, 11) is 0. The molecule has 0 saturated carbocycles. The first-order valence-electron chi connectivity index (χ1n) is 12.6. The Labute approximate surface area is 220 Å². The van der Waals surface area contributed by atoms with Crippen LogP contribution in [0.4, 0.5) is 11.4 Å². The van der Waals surface area contributed by atoms with E-state index in [1.165, 1.54) is 0 Å². The number of aryl methyl sites for hydroxylation is 1. The van der Waals surface area contributed by atoms with E-state index in [-0.39, 0.29) is 5.56 Å². The summed E-state index contributed by atoms with van der Waals surface area (Å²) in [5.41, 5.74) is 6.13. The molecule has 2 aromatic carbocycles. The van der Waals surface area contributed by atoms with Crippen LogP contribution in [0.15, 0.2) is 53.5 Å². The molecule has 190 valence electrons. The topological polar surface area (TPSA) is 104 Å². The van der Waals surface area contributed by atoms with Gasteiger partial charge in [0.2, 0.25) is 0 Å². The first-order chi connectivity index (χ1) is 18.0. The molecule has 0 unspecified atom stereocenters. The number of anilines is 2. The van der Waals surface area contributed by atoms with Crippen LogP contribution in [0, 0.1) is 18.3 Å². The van der Waals surface area contributed by atoms with Crippen LogP contribution in [0.5, 0.6) is 0 Å². The average Bonchev–Trinajstić information content (AvgIpc) is 3.32. The van der Waals surface area contributed by atoms with Gasteiger partial charge in [-0.15, -0.1) is 0 Å². The normalized spacial score (nSPS) is 14.1. The lowest BCUT2D eigenvalue weighted by Gasteiger charge is -2.35. The zero-order valence-corrected chi connectivity index (χ0v) is 21.6. The fourth-order valence-electron chi connectivity index (χ4n) is 4.91. The van der Waals surface area contributed by atoms with Gasteiger partial charge in [-0.25, -0.2) is 4.98 Å². The molecule has 0 amide bonds. The van der Waals surface area contributed by atoms with Gasteiger partial charge in [0.05, 0.1) is 22.8 Å². The van der Waals surface area contributed by atoms with E-state index < -0.39 is 0 Å². The summed E-state index contributed by atoms with van der Waals surface area (Å²) in [6, 6.07) is 16.2. The Kier molecular flexibility index (Phi) is 7.45. The highest BCUT2D eigenvalue weighted by Gasteiger charge is 2.20. The second-order valence-corrected chi connectivity index (χ2v) is 9.82. The zero-order chi connectivity index (χ0) is 25.8. The summed E-state index contributed by atoms with van der Waals surface area (Å²) in [4.78, 5) is 28.6. The Balaban J connectivity index is 1.36. The van der Waals surface area contributed by atoms with Crippen LogP contribution in [-0.4, -0.2) is 59.1 Å². The molecule has 8 nitrogen and oxygen atoms in total. The number of aromatic nitrogens is 3. The highest BCUT2D eigenvalue weighted by Crippen LogP contribution is 2.29. The maximum absolute atomic E-state index is 12.9. The van der Waals surface area contributed by atoms with Gasteiger partial charge >= 0.3 is 0 Å². The van der Waals surface area contributed by atoms with Gasteiger partial charge in [-0.2, -0.15) is 5.26 Å². The summed E-state index contributed by atoms with van der Waals surface area (Å²) in [5.74, 6) is 0.545. The summed E-state index contributed by atoms with van der Waals surface area (Å²) in [6.07, 6.45) is 2.99. The molecule has 0 atom stereocenters. The van der Waals surface area contributed by atoms with Crippen LogP contribution in [0.25, 0.3) is 22.4 Å². The number of nitrogens with zero attached hydrogens (tertiary/aromatic N) is 4. The molecule has 1 aliphatic rings. The summed E-state index contributed by atoms with van der Waals surface area (Å²) in [5, 5.41) is 13.0. The number of benzene rings is 2. The van der Waals surface area contributed by atoms with E-state index >= 15 is 0 Å². The number of hydrogen-bond donors (Lipinski definition) is 3. The number of pyridine rings is 1. The Morgan fingerprint density at radius 2 is 2.00 bits per heavy atom. The van der Waals surface area contributed by atoms with Crippen molar-refractivity contribution in [1.29, 1.82) is 5.26 Å². The predicted molar refractivity (Wildman–Crippen MR) is 149 cm³/mol. The van der Waals surface area contributed by atoms with E-state index in [0.717, 1.165) is 72.7 Å². The second kappa shape index (κ2) is 11.1. The third-order valence-electron chi connectivity index (χ3n) is 6.85. The van der Waals surface area contributed by atoms with Crippen molar-refractivity contribution in [3.63, 3.8) is 0 Å². The number of imidazole rings is 1. The van der Waals surface area contributed by atoms with E-state index in [0.29, 0.717) is 29.4 Å². The Bertz CT molecular complexity index is 1490. The molecule has 1 aliphatic heterocycles. The Morgan fingerprint density at radius 3 is 2.78 bits per heavy atom. The third kappa shape index (κ3) is 5.63. The molecule has 0 bridgehead atoms. The summed E-state index contributed by atoms with van der Waals surface area (Å²) in [6.45, 7) is 7.24. The minimum absolute atomic E-state index is 0.196. The lowest BCUT2D eigenvalue weighted by atomic mass is 10.1. The number of nitrogens with one attached hydrogen (secondary N) is 3. The minimum Gasteiger partial charge on any atom is -0.384 e. The molecule has 0 spiro atoms. The molecule has 0 aliphatic carbocycles. The van der Waals surface area contributed by atoms with Crippen molar-refractivity contribution >= 4 is 34.0 Å². The lowest BCUT2D eigenvalue weighted by Crippen LogP contribution is -2.46. The number of H-pyrrole nitrogens is 2. The van der Waals surface area contributed by atoms with Gasteiger partial charge < -0.3 is 20.2 Å². The van der Waals surface area contributed by atoms with Gasteiger partial charge in [-0.05, 0) is 54.8 Å². The standard InChI is InChI=1S/C28H30ClN7O/c1-19-16-22(36-14-12-35(13-15-36)11-3-8-30)18-24-26(19)34-27(33-24)25-23(7-10-32-28(25)37)31-9-6-20-4-2-5-21(29)17-20/h2,4-5,7,10,16-18H,3,6,9,11-15H2,1H3,(H,33,34)(H2,31,32,37). The molecule has 4 aromatic rings. The fourth-order valence-corrected chi connectivity index (χ4v) is 5.12. The van der Waals surface area contributed by atoms with E-state index in [1.807, 2.05) is 30.3 Å². The first kappa shape index (κ1) is 24.9. The quantitative estimate of drug-likeness (QED) is 0.317. The van der Waals surface area contributed by atoms with Gasteiger partial charge in [0.25, 0.3) is 5.56 Å².